The summed E-state index contributed by atoms with van der Waals surface area (Å²) in [6, 6.07) is 2.16. The van der Waals surface area contributed by atoms with Crippen LogP contribution in [-0.4, -0.2) is 35.2 Å². The number of nitrogens with two attached hydrogens (primary N) is 1. The Balaban J connectivity index is 2.17. The van der Waals surface area contributed by atoms with Crippen LogP contribution < -0.4 is 15.4 Å². The van der Waals surface area contributed by atoms with Crippen molar-refractivity contribution in [3.8, 4) is 5.88 Å². The number of aryl methyl sites for hydroxylation is 1. The summed E-state index contributed by atoms with van der Waals surface area (Å²) in [5.41, 5.74) is 6.99. The highest BCUT2D eigenvalue weighted by Gasteiger charge is 2.25. The first kappa shape index (κ1) is 14.1. The Labute approximate surface area is 115 Å². The van der Waals surface area contributed by atoms with E-state index in [1.165, 1.54) is 0 Å². The zero-order chi connectivity index (χ0) is 14.0. The SMILES string of the molecule is Cc1cc(OC(C)C)nc(N2CCC(N)C(C)C2)n1. The zero-order valence-corrected chi connectivity index (χ0v) is 12.3. The van der Waals surface area contributed by atoms with Crippen LogP contribution in [0, 0.1) is 12.8 Å². The van der Waals surface area contributed by atoms with Crippen molar-refractivity contribution in [2.45, 2.75) is 46.3 Å². The molecule has 0 radical (unpaired) electrons. The Morgan fingerprint density at radius 1 is 1.42 bits per heavy atom. The molecule has 0 spiro atoms. The van der Waals surface area contributed by atoms with Gasteiger partial charge in [0.1, 0.15) is 0 Å². The molecule has 0 saturated carbocycles. The molecule has 0 aliphatic carbocycles. The number of piperidine rings is 1. The van der Waals surface area contributed by atoms with Crippen LogP contribution in [0.3, 0.4) is 0 Å². The van der Waals surface area contributed by atoms with Gasteiger partial charge in [-0.25, -0.2) is 4.98 Å². The number of rotatable bonds is 3. The average molecular weight is 264 g/mol. The fourth-order valence-electron chi connectivity index (χ4n) is 2.31. The zero-order valence-electron chi connectivity index (χ0n) is 12.3. The van der Waals surface area contributed by atoms with Gasteiger partial charge in [-0.15, -0.1) is 0 Å². The van der Waals surface area contributed by atoms with Crippen molar-refractivity contribution in [2.75, 3.05) is 18.0 Å². The van der Waals surface area contributed by atoms with Crippen LogP contribution in [0.5, 0.6) is 5.88 Å². The van der Waals surface area contributed by atoms with Crippen LogP contribution >= 0.6 is 0 Å². The predicted octanol–water partition coefficient (Wildman–Crippen LogP) is 1.75. The molecule has 0 amide bonds. The number of aromatic nitrogens is 2. The lowest BCUT2D eigenvalue weighted by Crippen LogP contribution is -2.46. The Kier molecular flexibility index (Phi) is 4.24. The van der Waals surface area contributed by atoms with E-state index in [1.807, 2.05) is 26.8 Å². The number of hydrogen-bond acceptors (Lipinski definition) is 5. The molecule has 19 heavy (non-hydrogen) atoms. The van der Waals surface area contributed by atoms with E-state index in [1.54, 1.807) is 0 Å². The summed E-state index contributed by atoms with van der Waals surface area (Å²) in [6.45, 7) is 9.97. The molecule has 1 aromatic rings. The molecular weight excluding hydrogens is 240 g/mol. The Morgan fingerprint density at radius 3 is 2.79 bits per heavy atom. The highest BCUT2D eigenvalue weighted by atomic mass is 16.5. The van der Waals surface area contributed by atoms with Gasteiger partial charge in [0, 0.05) is 30.9 Å². The van der Waals surface area contributed by atoms with Crippen LogP contribution in [0.25, 0.3) is 0 Å². The molecule has 106 valence electrons. The highest BCUT2D eigenvalue weighted by Crippen LogP contribution is 2.22. The minimum Gasteiger partial charge on any atom is -0.475 e. The molecule has 1 saturated heterocycles. The highest BCUT2D eigenvalue weighted by molar-refractivity contribution is 5.35. The summed E-state index contributed by atoms with van der Waals surface area (Å²) in [5, 5.41) is 0. The van der Waals surface area contributed by atoms with Gasteiger partial charge >= 0.3 is 0 Å². The second-order valence-corrected chi connectivity index (χ2v) is 5.69. The van der Waals surface area contributed by atoms with E-state index in [2.05, 4.69) is 21.8 Å². The first-order valence-corrected chi connectivity index (χ1v) is 6.98. The maximum Gasteiger partial charge on any atom is 0.228 e. The smallest absolute Gasteiger partial charge is 0.228 e. The maximum absolute atomic E-state index is 6.05. The summed E-state index contributed by atoms with van der Waals surface area (Å²) < 4.78 is 5.67. The van der Waals surface area contributed by atoms with Crippen molar-refractivity contribution in [3.63, 3.8) is 0 Å². The Bertz CT molecular complexity index is 435. The van der Waals surface area contributed by atoms with Gasteiger partial charge in [-0.1, -0.05) is 6.92 Å². The van der Waals surface area contributed by atoms with Crippen LogP contribution in [0.15, 0.2) is 6.07 Å². The molecule has 5 nitrogen and oxygen atoms in total. The Morgan fingerprint density at radius 2 is 2.16 bits per heavy atom. The molecule has 2 unspecified atom stereocenters. The van der Waals surface area contributed by atoms with Crippen molar-refractivity contribution >= 4 is 5.95 Å². The quantitative estimate of drug-likeness (QED) is 0.901. The van der Waals surface area contributed by atoms with Crippen LogP contribution in [0.1, 0.15) is 32.9 Å². The van der Waals surface area contributed by atoms with Crippen LogP contribution in [0.2, 0.25) is 0 Å². The van der Waals surface area contributed by atoms with E-state index in [-0.39, 0.29) is 12.1 Å². The standard InChI is InChI=1S/C14H24N4O/c1-9(2)19-13-7-11(4)16-14(17-13)18-6-5-12(15)10(3)8-18/h7,9-10,12H,5-6,8,15H2,1-4H3. The monoisotopic (exact) mass is 264 g/mol. The normalized spacial score (nSPS) is 23.8. The number of anilines is 1. The third kappa shape index (κ3) is 3.56. The lowest BCUT2D eigenvalue weighted by molar-refractivity contribution is 0.232. The second-order valence-electron chi connectivity index (χ2n) is 5.69. The summed E-state index contributed by atoms with van der Waals surface area (Å²) in [7, 11) is 0. The summed E-state index contributed by atoms with van der Waals surface area (Å²) in [6.07, 6.45) is 1.11. The largest absolute Gasteiger partial charge is 0.475 e. The molecule has 2 heterocycles. The molecule has 1 aromatic heterocycles. The third-order valence-electron chi connectivity index (χ3n) is 3.43. The van der Waals surface area contributed by atoms with Crippen molar-refractivity contribution in [1.29, 1.82) is 0 Å². The topological polar surface area (TPSA) is 64.3 Å². The molecule has 1 aliphatic rings. The van der Waals surface area contributed by atoms with Gasteiger partial charge in [0.25, 0.3) is 0 Å². The first-order valence-electron chi connectivity index (χ1n) is 6.98. The van der Waals surface area contributed by atoms with Gasteiger partial charge in [0.15, 0.2) is 0 Å². The van der Waals surface area contributed by atoms with E-state index in [0.29, 0.717) is 11.8 Å². The van der Waals surface area contributed by atoms with Gasteiger partial charge in [0.2, 0.25) is 11.8 Å². The average Bonchev–Trinajstić information content (AvgIpc) is 2.31. The van der Waals surface area contributed by atoms with Crippen molar-refractivity contribution in [2.24, 2.45) is 11.7 Å². The van der Waals surface area contributed by atoms with Gasteiger partial charge in [-0.05, 0) is 33.1 Å². The van der Waals surface area contributed by atoms with E-state index in [0.717, 1.165) is 31.2 Å². The minimum atomic E-state index is 0.121. The lowest BCUT2D eigenvalue weighted by atomic mass is 9.95. The molecular formula is C14H24N4O. The van der Waals surface area contributed by atoms with Gasteiger partial charge < -0.3 is 15.4 Å². The molecule has 0 aromatic carbocycles. The molecule has 2 atom stereocenters. The van der Waals surface area contributed by atoms with E-state index in [4.69, 9.17) is 10.5 Å². The van der Waals surface area contributed by atoms with Crippen molar-refractivity contribution in [3.05, 3.63) is 11.8 Å². The molecule has 2 N–H and O–H groups in total. The van der Waals surface area contributed by atoms with E-state index >= 15 is 0 Å². The van der Waals surface area contributed by atoms with Gasteiger partial charge in [-0.2, -0.15) is 4.98 Å². The molecule has 2 rings (SSSR count). The van der Waals surface area contributed by atoms with Crippen molar-refractivity contribution < 1.29 is 4.74 Å². The second kappa shape index (κ2) is 5.74. The third-order valence-corrected chi connectivity index (χ3v) is 3.43. The van der Waals surface area contributed by atoms with E-state index in [9.17, 15) is 0 Å². The van der Waals surface area contributed by atoms with Gasteiger partial charge in [0.05, 0.1) is 6.10 Å². The lowest BCUT2D eigenvalue weighted by Gasteiger charge is -2.35. The van der Waals surface area contributed by atoms with Crippen LogP contribution in [-0.2, 0) is 0 Å². The van der Waals surface area contributed by atoms with Crippen molar-refractivity contribution in [1.82, 2.24) is 9.97 Å². The summed E-state index contributed by atoms with van der Waals surface area (Å²) in [4.78, 5) is 11.2. The Hall–Kier alpha value is -1.36. The fourth-order valence-corrected chi connectivity index (χ4v) is 2.31. The predicted molar refractivity (Wildman–Crippen MR) is 76.5 cm³/mol. The molecule has 0 bridgehead atoms. The number of hydrogen-bond donors (Lipinski definition) is 1. The minimum absolute atomic E-state index is 0.121. The summed E-state index contributed by atoms with van der Waals surface area (Å²) in [5.74, 6) is 1.88. The molecule has 1 fully saturated rings. The number of nitrogens with zero attached hydrogens (tertiary/aromatic N) is 3. The molecule has 1 aliphatic heterocycles. The van der Waals surface area contributed by atoms with E-state index < -0.39 is 0 Å². The number of ether oxygens (including phenoxy) is 1. The maximum atomic E-state index is 6.05. The van der Waals surface area contributed by atoms with Gasteiger partial charge in [-0.3, -0.25) is 0 Å². The van der Waals surface area contributed by atoms with Crippen LogP contribution in [0.4, 0.5) is 5.95 Å². The fraction of sp³-hybridized carbons (Fsp3) is 0.714. The first-order chi connectivity index (χ1) is 8.95. The summed E-state index contributed by atoms with van der Waals surface area (Å²) >= 11 is 0. The molecule has 5 heteroatoms.